The van der Waals surface area contributed by atoms with Crippen molar-refractivity contribution in [2.75, 3.05) is 17.2 Å². The van der Waals surface area contributed by atoms with E-state index in [-0.39, 0.29) is 18.1 Å². The van der Waals surface area contributed by atoms with Crippen LogP contribution in [0.4, 0.5) is 17.1 Å². The zero-order valence-electron chi connectivity index (χ0n) is 12.4. The van der Waals surface area contributed by atoms with E-state index >= 15 is 0 Å². The lowest BCUT2D eigenvalue weighted by molar-refractivity contribution is -0.384. The van der Waals surface area contributed by atoms with E-state index in [2.05, 4.69) is 10.6 Å². The Balaban J connectivity index is 1.98. The predicted octanol–water partition coefficient (Wildman–Crippen LogP) is 3.26. The van der Waals surface area contributed by atoms with Gasteiger partial charge in [0.2, 0.25) is 5.91 Å². The Labute approximate surface area is 128 Å². The van der Waals surface area contributed by atoms with Crippen molar-refractivity contribution < 1.29 is 9.72 Å². The second-order valence-electron chi connectivity index (χ2n) is 5.02. The summed E-state index contributed by atoms with van der Waals surface area (Å²) in [6.07, 6.45) is 0. The number of hydrogen-bond donors (Lipinski definition) is 2. The molecule has 2 aromatic rings. The number of non-ortho nitro benzene ring substituents is 1. The highest BCUT2D eigenvalue weighted by Gasteiger charge is 2.10. The van der Waals surface area contributed by atoms with Gasteiger partial charge in [0.25, 0.3) is 5.69 Å². The smallest absolute Gasteiger partial charge is 0.271 e. The van der Waals surface area contributed by atoms with Gasteiger partial charge in [-0.3, -0.25) is 14.9 Å². The SMILES string of the molecule is Cc1ccc(NCC(=O)Nc2cc([N+](=O)[O-])ccc2C)cc1. The predicted molar refractivity (Wildman–Crippen MR) is 86.1 cm³/mol. The summed E-state index contributed by atoms with van der Waals surface area (Å²) in [5.74, 6) is -0.260. The van der Waals surface area contributed by atoms with Crippen LogP contribution in [0.25, 0.3) is 0 Å². The molecule has 6 heteroatoms. The second kappa shape index (κ2) is 6.71. The summed E-state index contributed by atoms with van der Waals surface area (Å²) in [6, 6.07) is 12.1. The van der Waals surface area contributed by atoms with Gasteiger partial charge in [0, 0.05) is 17.8 Å². The molecule has 2 aromatic carbocycles. The molecule has 0 saturated heterocycles. The van der Waals surface area contributed by atoms with Gasteiger partial charge >= 0.3 is 0 Å². The minimum Gasteiger partial charge on any atom is -0.376 e. The van der Waals surface area contributed by atoms with Crippen LogP contribution in [0.5, 0.6) is 0 Å². The number of nitrogens with zero attached hydrogens (tertiary/aromatic N) is 1. The molecule has 0 saturated carbocycles. The Morgan fingerprint density at radius 1 is 1.14 bits per heavy atom. The van der Waals surface area contributed by atoms with Gasteiger partial charge < -0.3 is 10.6 Å². The van der Waals surface area contributed by atoms with Crippen LogP contribution in [0, 0.1) is 24.0 Å². The van der Waals surface area contributed by atoms with Crippen molar-refractivity contribution in [2.24, 2.45) is 0 Å². The first-order valence-corrected chi connectivity index (χ1v) is 6.81. The molecule has 6 nitrogen and oxygen atoms in total. The third kappa shape index (κ3) is 4.05. The molecule has 0 heterocycles. The lowest BCUT2D eigenvalue weighted by Crippen LogP contribution is -2.22. The number of nitrogens with one attached hydrogen (secondary N) is 2. The molecule has 2 rings (SSSR count). The fourth-order valence-corrected chi connectivity index (χ4v) is 1.91. The summed E-state index contributed by atoms with van der Waals surface area (Å²) in [7, 11) is 0. The third-order valence-electron chi connectivity index (χ3n) is 3.21. The lowest BCUT2D eigenvalue weighted by atomic mass is 10.2. The van der Waals surface area contributed by atoms with Crippen molar-refractivity contribution >= 4 is 23.0 Å². The number of anilines is 2. The minimum atomic E-state index is -0.486. The molecule has 0 aromatic heterocycles. The topological polar surface area (TPSA) is 84.3 Å². The first-order chi connectivity index (χ1) is 10.5. The van der Waals surface area contributed by atoms with Crippen molar-refractivity contribution in [2.45, 2.75) is 13.8 Å². The molecule has 2 N–H and O–H groups in total. The van der Waals surface area contributed by atoms with Crippen LogP contribution < -0.4 is 10.6 Å². The van der Waals surface area contributed by atoms with Crippen molar-refractivity contribution in [1.29, 1.82) is 0 Å². The van der Waals surface area contributed by atoms with Crippen LogP contribution in [0.15, 0.2) is 42.5 Å². The molecule has 0 fully saturated rings. The monoisotopic (exact) mass is 299 g/mol. The van der Waals surface area contributed by atoms with E-state index in [4.69, 9.17) is 0 Å². The highest BCUT2D eigenvalue weighted by Crippen LogP contribution is 2.21. The van der Waals surface area contributed by atoms with E-state index in [1.165, 1.54) is 12.1 Å². The van der Waals surface area contributed by atoms with Crippen LogP contribution in [-0.4, -0.2) is 17.4 Å². The third-order valence-corrected chi connectivity index (χ3v) is 3.21. The number of nitro groups is 1. The second-order valence-corrected chi connectivity index (χ2v) is 5.02. The molecule has 0 aliphatic carbocycles. The van der Waals surface area contributed by atoms with E-state index in [0.717, 1.165) is 16.8 Å². The summed E-state index contributed by atoms with van der Waals surface area (Å²) in [5, 5.41) is 16.5. The van der Waals surface area contributed by atoms with Gasteiger partial charge in [0.15, 0.2) is 0 Å². The van der Waals surface area contributed by atoms with E-state index in [1.54, 1.807) is 13.0 Å². The van der Waals surface area contributed by atoms with E-state index in [1.807, 2.05) is 31.2 Å². The van der Waals surface area contributed by atoms with Crippen LogP contribution in [0.2, 0.25) is 0 Å². The first kappa shape index (κ1) is 15.5. The van der Waals surface area contributed by atoms with E-state index < -0.39 is 4.92 Å². The molecule has 0 atom stereocenters. The van der Waals surface area contributed by atoms with Crippen molar-refractivity contribution in [3.8, 4) is 0 Å². The van der Waals surface area contributed by atoms with Gasteiger partial charge in [-0.25, -0.2) is 0 Å². The Kier molecular flexibility index (Phi) is 4.73. The molecule has 0 aliphatic rings. The molecule has 0 aliphatic heterocycles. The fourth-order valence-electron chi connectivity index (χ4n) is 1.91. The average molecular weight is 299 g/mol. The van der Waals surface area contributed by atoms with Gasteiger partial charge in [-0.05, 0) is 31.5 Å². The summed E-state index contributed by atoms with van der Waals surface area (Å²) in [5.41, 5.74) is 3.16. The van der Waals surface area contributed by atoms with Gasteiger partial charge in [-0.15, -0.1) is 0 Å². The molecule has 114 valence electrons. The van der Waals surface area contributed by atoms with E-state index in [0.29, 0.717) is 5.69 Å². The zero-order chi connectivity index (χ0) is 16.1. The first-order valence-electron chi connectivity index (χ1n) is 6.81. The lowest BCUT2D eigenvalue weighted by Gasteiger charge is -2.10. The number of carbonyl (C=O) groups excluding carboxylic acids is 1. The van der Waals surface area contributed by atoms with E-state index in [9.17, 15) is 14.9 Å². The van der Waals surface area contributed by atoms with Gasteiger partial charge in [0.1, 0.15) is 0 Å². The number of amides is 1. The number of carbonyl (C=O) groups is 1. The maximum absolute atomic E-state index is 11.9. The van der Waals surface area contributed by atoms with Crippen LogP contribution >= 0.6 is 0 Å². The largest absolute Gasteiger partial charge is 0.376 e. The molecule has 0 bridgehead atoms. The van der Waals surface area contributed by atoms with Gasteiger partial charge in [-0.2, -0.15) is 0 Å². The Morgan fingerprint density at radius 3 is 2.45 bits per heavy atom. The quantitative estimate of drug-likeness (QED) is 0.655. The Hall–Kier alpha value is -2.89. The minimum absolute atomic E-state index is 0.0487. The summed E-state index contributed by atoms with van der Waals surface area (Å²) in [6.45, 7) is 3.86. The molecule has 0 radical (unpaired) electrons. The summed E-state index contributed by atoms with van der Waals surface area (Å²) >= 11 is 0. The summed E-state index contributed by atoms with van der Waals surface area (Å²) < 4.78 is 0. The normalized spacial score (nSPS) is 10.1. The number of nitro benzene ring substituents is 1. The Bertz CT molecular complexity index is 696. The number of rotatable bonds is 5. The van der Waals surface area contributed by atoms with Crippen LogP contribution in [0.1, 0.15) is 11.1 Å². The molecular weight excluding hydrogens is 282 g/mol. The fraction of sp³-hybridized carbons (Fsp3) is 0.188. The molecule has 22 heavy (non-hydrogen) atoms. The van der Waals surface area contributed by atoms with Crippen LogP contribution in [-0.2, 0) is 4.79 Å². The van der Waals surface area contributed by atoms with Gasteiger partial charge in [0.05, 0.1) is 17.2 Å². The molecule has 0 unspecified atom stereocenters. The average Bonchev–Trinajstić information content (AvgIpc) is 2.48. The molecular formula is C16H17N3O3. The maximum atomic E-state index is 11.9. The Morgan fingerprint density at radius 2 is 1.82 bits per heavy atom. The highest BCUT2D eigenvalue weighted by molar-refractivity contribution is 5.94. The van der Waals surface area contributed by atoms with Crippen molar-refractivity contribution in [1.82, 2.24) is 0 Å². The van der Waals surface area contributed by atoms with Crippen molar-refractivity contribution in [3.63, 3.8) is 0 Å². The number of benzene rings is 2. The standard InChI is InChI=1S/C16H17N3O3/c1-11-3-6-13(7-4-11)17-10-16(20)18-15-9-14(19(21)22)8-5-12(15)2/h3-9,17H,10H2,1-2H3,(H,18,20). The van der Waals surface area contributed by atoms with Gasteiger partial charge in [-0.1, -0.05) is 23.8 Å². The van der Waals surface area contributed by atoms with Crippen LogP contribution in [0.3, 0.4) is 0 Å². The van der Waals surface area contributed by atoms with Crippen molar-refractivity contribution in [3.05, 3.63) is 63.7 Å². The number of aryl methyl sites for hydroxylation is 2. The number of hydrogen-bond acceptors (Lipinski definition) is 4. The molecule has 0 spiro atoms. The maximum Gasteiger partial charge on any atom is 0.271 e. The zero-order valence-corrected chi connectivity index (χ0v) is 12.4. The highest BCUT2D eigenvalue weighted by atomic mass is 16.6. The molecule has 1 amide bonds. The summed E-state index contributed by atoms with van der Waals surface area (Å²) in [4.78, 5) is 22.2.